The first-order chi connectivity index (χ1) is 6.63. The molecule has 0 saturated carbocycles. The van der Waals surface area contributed by atoms with Gasteiger partial charge in [0.25, 0.3) is 0 Å². The van der Waals surface area contributed by atoms with Gasteiger partial charge in [0.05, 0.1) is 0 Å². The molecule has 0 saturated heterocycles. The Morgan fingerprint density at radius 2 is 2.00 bits per heavy atom. The van der Waals surface area contributed by atoms with Gasteiger partial charge in [-0.05, 0) is 38.3 Å². The Hall–Kier alpha value is -1.22. The van der Waals surface area contributed by atoms with Crippen LogP contribution < -0.4 is 0 Å². The van der Waals surface area contributed by atoms with Crippen molar-refractivity contribution in [1.29, 1.82) is 0 Å². The Morgan fingerprint density at radius 3 is 2.57 bits per heavy atom. The van der Waals surface area contributed by atoms with Crippen LogP contribution in [0.2, 0.25) is 0 Å². The Kier molecular flexibility index (Phi) is 3.77. The number of hydrogen-bond donors (Lipinski definition) is 0. The van der Waals surface area contributed by atoms with Crippen molar-refractivity contribution in [1.82, 2.24) is 0 Å². The zero-order chi connectivity index (χ0) is 10.6. The largest absolute Gasteiger partial charge is 0.106 e. The van der Waals surface area contributed by atoms with Gasteiger partial charge in [0.2, 0.25) is 0 Å². The third kappa shape index (κ3) is 2.92. The molecule has 74 valence electrons. The highest BCUT2D eigenvalue weighted by molar-refractivity contribution is 5.31. The van der Waals surface area contributed by atoms with Gasteiger partial charge < -0.3 is 0 Å². The second-order valence-corrected chi connectivity index (χ2v) is 3.93. The Bertz CT molecular complexity index is 363. The summed E-state index contributed by atoms with van der Waals surface area (Å²) < 4.78 is 0. The van der Waals surface area contributed by atoms with Gasteiger partial charge in [-0.25, -0.2) is 0 Å². The van der Waals surface area contributed by atoms with Crippen molar-refractivity contribution in [2.75, 3.05) is 0 Å². The summed E-state index contributed by atoms with van der Waals surface area (Å²) in [5.41, 5.74) is 4.14. The van der Waals surface area contributed by atoms with Crippen molar-refractivity contribution < 1.29 is 0 Å². The summed E-state index contributed by atoms with van der Waals surface area (Å²) in [5.74, 6) is 6.61. The van der Waals surface area contributed by atoms with E-state index in [1.807, 2.05) is 6.92 Å². The zero-order valence-electron chi connectivity index (χ0n) is 9.52. The highest BCUT2D eigenvalue weighted by atomic mass is 14.1. The SMILES string of the molecule is CC#CC(C)Cc1ccc(C)cc1C. The Morgan fingerprint density at radius 1 is 1.29 bits per heavy atom. The highest BCUT2D eigenvalue weighted by Crippen LogP contribution is 2.14. The van der Waals surface area contributed by atoms with Crippen LogP contribution in [0.1, 0.15) is 30.5 Å². The van der Waals surface area contributed by atoms with E-state index in [1.165, 1.54) is 16.7 Å². The number of hydrogen-bond acceptors (Lipinski definition) is 0. The van der Waals surface area contributed by atoms with E-state index >= 15 is 0 Å². The number of aryl methyl sites for hydroxylation is 2. The third-order valence-corrected chi connectivity index (χ3v) is 2.41. The van der Waals surface area contributed by atoms with Crippen LogP contribution in [0.4, 0.5) is 0 Å². The molecule has 1 atom stereocenters. The summed E-state index contributed by atoms with van der Waals surface area (Å²) in [6, 6.07) is 6.63. The van der Waals surface area contributed by atoms with Crippen LogP contribution in [-0.4, -0.2) is 0 Å². The lowest BCUT2D eigenvalue weighted by Gasteiger charge is -2.08. The molecule has 1 unspecified atom stereocenters. The normalized spacial score (nSPS) is 11.7. The van der Waals surface area contributed by atoms with Crippen molar-refractivity contribution in [2.24, 2.45) is 5.92 Å². The summed E-state index contributed by atoms with van der Waals surface area (Å²) in [7, 11) is 0. The van der Waals surface area contributed by atoms with Crippen molar-refractivity contribution in [3.63, 3.8) is 0 Å². The topological polar surface area (TPSA) is 0 Å². The van der Waals surface area contributed by atoms with E-state index in [9.17, 15) is 0 Å². The van der Waals surface area contributed by atoms with Crippen LogP contribution in [0.15, 0.2) is 18.2 Å². The molecule has 0 nitrogen and oxygen atoms in total. The molecule has 1 rings (SSSR count). The smallest absolute Gasteiger partial charge is 0.0214 e. The lowest BCUT2D eigenvalue weighted by molar-refractivity contribution is 0.746. The average Bonchev–Trinajstić information content (AvgIpc) is 2.10. The van der Waals surface area contributed by atoms with E-state index in [0.717, 1.165) is 6.42 Å². The third-order valence-electron chi connectivity index (χ3n) is 2.41. The van der Waals surface area contributed by atoms with Crippen LogP contribution in [0.5, 0.6) is 0 Å². The molecule has 0 N–H and O–H groups in total. The zero-order valence-corrected chi connectivity index (χ0v) is 9.52. The van der Waals surface area contributed by atoms with Gasteiger partial charge in [0, 0.05) is 5.92 Å². The molecule has 0 heteroatoms. The lowest BCUT2D eigenvalue weighted by Crippen LogP contribution is -1.98. The fourth-order valence-electron chi connectivity index (χ4n) is 1.70. The van der Waals surface area contributed by atoms with Gasteiger partial charge in [-0.1, -0.05) is 30.7 Å². The van der Waals surface area contributed by atoms with Crippen molar-refractivity contribution in [3.05, 3.63) is 34.9 Å². The van der Waals surface area contributed by atoms with Gasteiger partial charge in [-0.15, -0.1) is 11.8 Å². The molecule has 1 aromatic carbocycles. The van der Waals surface area contributed by atoms with Crippen LogP contribution in [0, 0.1) is 31.6 Å². The lowest BCUT2D eigenvalue weighted by atomic mass is 9.96. The molecule has 0 bridgehead atoms. The summed E-state index contributed by atoms with van der Waals surface area (Å²) in [4.78, 5) is 0. The van der Waals surface area contributed by atoms with E-state index in [-0.39, 0.29) is 0 Å². The molecule has 0 spiro atoms. The van der Waals surface area contributed by atoms with E-state index in [1.54, 1.807) is 0 Å². The van der Waals surface area contributed by atoms with Crippen molar-refractivity contribution >= 4 is 0 Å². The minimum Gasteiger partial charge on any atom is -0.106 e. The summed E-state index contributed by atoms with van der Waals surface area (Å²) in [6.07, 6.45) is 1.06. The molecule has 0 aromatic heterocycles. The molecule has 0 fully saturated rings. The van der Waals surface area contributed by atoms with Gasteiger partial charge in [0.15, 0.2) is 0 Å². The van der Waals surface area contributed by atoms with Gasteiger partial charge in [0.1, 0.15) is 0 Å². The first-order valence-electron chi connectivity index (χ1n) is 5.12. The molecule has 0 amide bonds. The fourth-order valence-corrected chi connectivity index (χ4v) is 1.70. The number of rotatable bonds is 2. The first kappa shape index (κ1) is 10.9. The molecule has 0 aliphatic rings. The summed E-state index contributed by atoms with van der Waals surface area (Å²) in [6.45, 7) is 8.38. The van der Waals surface area contributed by atoms with Crippen molar-refractivity contribution in [2.45, 2.75) is 34.1 Å². The van der Waals surface area contributed by atoms with E-state index in [2.05, 4.69) is 50.8 Å². The molecule has 0 radical (unpaired) electrons. The van der Waals surface area contributed by atoms with E-state index in [0.29, 0.717) is 5.92 Å². The molecular weight excluding hydrogens is 168 g/mol. The highest BCUT2D eigenvalue weighted by Gasteiger charge is 2.02. The minimum absolute atomic E-state index is 0.460. The molecule has 0 aliphatic heterocycles. The fraction of sp³-hybridized carbons (Fsp3) is 0.429. The van der Waals surface area contributed by atoms with Crippen LogP contribution in [0.25, 0.3) is 0 Å². The summed E-state index contributed by atoms with van der Waals surface area (Å²) in [5, 5.41) is 0. The van der Waals surface area contributed by atoms with Gasteiger partial charge in [-0.2, -0.15) is 0 Å². The van der Waals surface area contributed by atoms with E-state index < -0.39 is 0 Å². The minimum atomic E-state index is 0.460. The number of benzene rings is 1. The molecular formula is C14H18. The summed E-state index contributed by atoms with van der Waals surface area (Å²) >= 11 is 0. The maximum atomic E-state index is 3.19. The van der Waals surface area contributed by atoms with Gasteiger partial charge >= 0.3 is 0 Å². The Balaban J connectivity index is 2.80. The second kappa shape index (κ2) is 4.86. The maximum Gasteiger partial charge on any atom is 0.0214 e. The average molecular weight is 186 g/mol. The molecule has 14 heavy (non-hydrogen) atoms. The standard InChI is InChI=1S/C14H18/c1-5-6-11(2)10-14-8-7-12(3)9-13(14)4/h7-9,11H,10H2,1-4H3. The van der Waals surface area contributed by atoms with Crippen molar-refractivity contribution in [3.8, 4) is 11.8 Å². The second-order valence-electron chi connectivity index (χ2n) is 3.93. The predicted octanol–water partition coefficient (Wildman–Crippen LogP) is 3.51. The van der Waals surface area contributed by atoms with Crippen LogP contribution in [0.3, 0.4) is 0 Å². The van der Waals surface area contributed by atoms with E-state index in [4.69, 9.17) is 0 Å². The predicted molar refractivity (Wildman–Crippen MR) is 62.2 cm³/mol. The maximum absolute atomic E-state index is 3.19. The molecule has 1 aromatic rings. The quantitative estimate of drug-likeness (QED) is 0.620. The molecule has 0 heterocycles. The van der Waals surface area contributed by atoms with Gasteiger partial charge in [-0.3, -0.25) is 0 Å². The van der Waals surface area contributed by atoms with Crippen LogP contribution in [-0.2, 0) is 6.42 Å². The first-order valence-corrected chi connectivity index (χ1v) is 5.12. The molecule has 0 aliphatic carbocycles. The van der Waals surface area contributed by atoms with Crippen LogP contribution >= 0.6 is 0 Å². The monoisotopic (exact) mass is 186 g/mol. The Labute approximate surface area is 87.4 Å².